The number of hydrogen-bond donors (Lipinski definition) is 1. The van der Waals surface area contributed by atoms with Gasteiger partial charge < -0.3 is 5.32 Å². The smallest absolute Gasteiger partial charge is 0.0199 e. The van der Waals surface area contributed by atoms with Gasteiger partial charge in [-0.2, -0.15) is 0 Å². The average Bonchev–Trinajstić information content (AvgIpc) is 1.61. The summed E-state index contributed by atoms with van der Waals surface area (Å²) >= 11 is 0. The third kappa shape index (κ3) is 5.54. The van der Waals surface area contributed by atoms with Crippen LogP contribution in [0.25, 0.3) is 0 Å². The van der Waals surface area contributed by atoms with Crippen molar-refractivity contribution in [1.29, 1.82) is 0 Å². The molecule has 0 fully saturated rings. The number of rotatable bonds is 2. The number of hydrogen-bond acceptors (Lipinski definition) is 1. The summed E-state index contributed by atoms with van der Waals surface area (Å²) in [6.07, 6.45) is 3.94. The molecule has 0 radical (unpaired) electrons. The molecule has 1 nitrogen and oxygen atoms in total. The van der Waals surface area contributed by atoms with Crippen molar-refractivity contribution in [3.05, 3.63) is 12.3 Å². The summed E-state index contributed by atoms with van der Waals surface area (Å²) in [4.78, 5) is 0. The summed E-state index contributed by atoms with van der Waals surface area (Å²) in [5.41, 5.74) is 0. The van der Waals surface area contributed by atoms with Crippen LogP contribution in [0.15, 0.2) is 12.3 Å². The van der Waals surface area contributed by atoms with Crippen LogP contribution in [0.1, 0.15) is 20.8 Å². The van der Waals surface area contributed by atoms with Gasteiger partial charge in [-0.1, -0.05) is 6.08 Å². The summed E-state index contributed by atoms with van der Waals surface area (Å²) in [7, 11) is 0. The van der Waals surface area contributed by atoms with Crippen molar-refractivity contribution in [3.8, 4) is 0 Å². The molecule has 0 aromatic carbocycles. The predicted octanol–water partition coefficient (Wildman–Crippen LogP) is 1.52. The zero-order valence-electron chi connectivity index (χ0n) is 5.23. The van der Waals surface area contributed by atoms with Crippen molar-refractivity contribution in [2.75, 3.05) is 0 Å². The van der Waals surface area contributed by atoms with Gasteiger partial charge in [-0.05, 0) is 27.0 Å². The maximum atomic E-state index is 3.11. The summed E-state index contributed by atoms with van der Waals surface area (Å²) in [6, 6.07) is 0.566. The molecule has 0 aliphatic rings. The standard InChI is InChI=1S/C6H13N/c1-4-5-7-6(2)3/h4-7H,1-3H3/b5-4-. The first-order valence-corrected chi connectivity index (χ1v) is 2.64. The fourth-order valence-corrected chi connectivity index (χ4v) is 0.289. The summed E-state index contributed by atoms with van der Waals surface area (Å²) in [5, 5.41) is 3.11. The Bertz CT molecular complexity index is 55.2. The molecule has 0 unspecified atom stereocenters. The highest BCUT2D eigenvalue weighted by atomic mass is 14.9. The van der Waals surface area contributed by atoms with Gasteiger partial charge in [0.2, 0.25) is 0 Å². The molecule has 0 bridgehead atoms. The Morgan fingerprint density at radius 2 is 2.00 bits per heavy atom. The van der Waals surface area contributed by atoms with Gasteiger partial charge in [0.15, 0.2) is 0 Å². The van der Waals surface area contributed by atoms with E-state index >= 15 is 0 Å². The molecule has 0 atom stereocenters. The van der Waals surface area contributed by atoms with E-state index in [9.17, 15) is 0 Å². The molecule has 0 aliphatic carbocycles. The second-order valence-electron chi connectivity index (χ2n) is 1.82. The Balaban J connectivity index is 2.97. The van der Waals surface area contributed by atoms with Crippen molar-refractivity contribution in [1.82, 2.24) is 5.32 Å². The predicted molar refractivity (Wildman–Crippen MR) is 33.1 cm³/mol. The fraction of sp³-hybridized carbons (Fsp3) is 0.667. The van der Waals surface area contributed by atoms with Crippen molar-refractivity contribution in [3.63, 3.8) is 0 Å². The lowest BCUT2D eigenvalue weighted by Crippen LogP contribution is -2.14. The molecule has 0 aliphatic heterocycles. The first-order valence-electron chi connectivity index (χ1n) is 2.64. The Kier molecular flexibility index (Phi) is 3.48. The van der Waals surface area contributed by atoms with E-state index in [2.05, 4.69) is 19.2 Å². The summed E-state index contributed by atoms with van der Waals surface area (Å²) < 4.78 is 0. The van der Waals surface area contributed by atoms with E-state index in [-0.39, 0.29) is 0 Å². The molecule has 0 aromatic heterocycles. The summed E-state index contributed by atoms with van der Waals surface area (Å²) in [6.45, 7) is 6.22. The van der Waals surface area contributed by atoms with E-state index < -0.39 is 0 Å². The Morgan fingerprint density at radius 1 is 1.43 bits per heavy atom. The molecule has 1 N–H and O–H groups in total. The second kappa shape index (κ2) is 3.72. The van der Waals surface area contributed by atoms with Crippen LogP contribution in [0.2, 0.25) is 0 Å². The van der Waals surface area contributed by atoms with E-state index in [0.29, 0.717) is 6.04 Å². The Morgan fingerprint density at radius 3 is 2.14 bits per heavy atom. The van der Waals surface area contributed by atoms with Crippen LogP contribution in [0, 0.1) is 0 Å². The first kappa shape index (κ1) is 6.54. The lowest BCUT2D eigenvalue weighted by atomic mass is 10.4. The van der Waals surface area contributed by atoms with E-state index in [0.717, 1.165) is 0 Å². The maximum Gasteiger partial charge on any atom is 0.0199 e. The van der Waals surface area contributed by atoms with Gasteiger partial charge in [0, 0.05) is 6.04 Å². The molecule has 0 rings (SSSR count). The van der Waals surface area contributed by atoms with Crippen LogP contribution in [0.3, 0.4) is 0 Å². The van der Waals surface area contributed by atoms with Crippen LogP contribution in [-0.4, -0.2) is 6.04 Å². The minimum absolute atomic E-state index is 0.566. The van der Waals surface area contributed by atoms with Crippen LogP contribution in [-0.2, 0) is 0 Å². The summed E-state index contributed by atoms with van der Waals surface area (Å²) in [5.74, 6) is 0. The second-order valence-corrected chi connectivity index (χ2v) is 1.82. The van der Waals surface area contributed by atoms with E-state index in [1.165, 1.54) is 0 Å². The van der Waals surface area contributed by atoms with Crippen molar-refractivity contribution in [2.45, 2.75) is 26.8 Å². The number of allylic oxidation sites excluding steroid dienone is 1. The van der Waals surface area contributed by atoms with Crippen molar-refractivity contribution < 1.29 is 0 Å². The quantitative estimate of drug-likeness (QED) is 0.553. The lowest BCUT2D eigenvalue weighted by molar-refractivity contribution is 0.702. The van der Waals surface area contributed by atoms with Crippen LogP contribution < -0.4 is 5.32 Å². The highest BCUT2D eigenvalue weighted by molar-refractivity contribution is 4.75. The minimum Gasteiger partial charge on any atom is -0.389 e. The highest BCUT2D eigenvalue weighted by Crippen LogP contribution is 1.73. The third-order valence-electron chi connectivity index (χ3n) is 0.596. The van der Waals surface area contributed by atoms with E-state index in [1.807, 2.05) is 19.2 Å². The molecule has 42 valence electrons. The topological polar surface area (TPSA) is 12.0 Å². The monoisotopic (exact) mass is 99.1 g/mol. The van der Waals surface area contributed by atoms with Gasteiger partial charge in [0.05, 0.1) is 0 Å². The van der Waals surface area contributed by atoms with Gasteiger partial charge >= 0.3 is 0 Å². The normalized spacial score (nSPS) is 10.9. The van der Waals surface area contributed by atoms with E-state index in [1.54, 1.807) is 0 Å². The van der Waals surface area contributed by atoms with Crippen LogP contribution >= 0.6 is 0 Å². The largest absolute Gasteiger partial charge is 0.389 e. The lowest BCUT2D eigenvalue weighted by Gasteiger charge is -2.00. The molecule has 0 saturated heterocycles. The fourth-order valence-electron chi connectivity index (χ4n) is 0.289. The van der Waals surface area contributed by atoms with Crippen LogP contribution in [0.4, 0.5) is 0 Å². The minimum atomic E-state index is 0.566. The molecule has 0 spiro atoms. The molecule has 0 amide bonds. The number of nitrogens with one attached hydrogen (secondary N) is 1. The molecule has 1 heteroatoms. The molecule has 0 heterocycles. The molecule has 7 heavy (non-hydrogen) atoms. The van der Waals surface area contributed by atoms with Crippen molar-refractivity contribution >= 4 is 0 Å². The Labute approximate surface area is 45.4 Å². The molecular weight excluding hydrogens is 86.1 g/mol. The van der Waals surface area contributed by atoms with Gasteiger partial charge in [0.25, 0.3) is 0 Å². The van der Waals surface area contributed by atoms with Crippen molar-refractivity contribution in [2.24, 2.45) is 0 Å². The third-order valence-corrected chi connectivity index (χ3v) is 0.596. The molecule has 0 aromatic rings. The Hall–Kier alpha value is -0.460. The highest BCUT2D eigenvalue weighted by Gasteiger charge is 1.79. The molecule has 0 saturated carbocycles. The first-order chi connectivity index (χ1) is 3.27. The average molecular weight is 99.2 g/mol. The zero-order chi connectivity index (χ0) is 5.70. The SMILES string of the molecule is C/C=C\NC(C)C. The van der Waals surface area contributed by atoms with E-state index in [4.69, 9.17) is 0 Å². The zero-order valence-corrected chi connectivity index (χ0v) is 5.23. The van der Waals surface area contributed by atoms with Gasteiger partial charge in [-0.3, -0.25) is 0 Å². The molecular formula is C6H13N. The van der Waals surface area contributed by atoms with Crippen LogP contribution in [0.5, 0.6) is 0 Å². The van der Waals surface area contributed by atoms with Gasteiger partial charge in [-0.15, -0.1) is 0 Å². The maximum absolute atomic E-state index is 3.11. The van der Waals surface area contributed by atoms with Gasteiger partial charge in [0.1, 0.15) is 0 Å². The van der Waals surface area contributed by atoms with Gasteiger partial charge in [-0.25, -0.2) is 0 Å².